The maximum Gasteiger partial charge on any atom is 0.319 e. The SMILES string of the molecule is CC[C@H]1COCCN1c1cc(C2(S(C)(O)O)CC2)nc(-c2ccc(NC(=O)NCCO)cc2)n1. The van der Waals surface area contributed by atoms with Crippen molar-refractivity contribution < 1.29 is 23.7 Å². The molecule has 1 aromatic carbocycles. The molecule has 10 nitrogen and oxygen atoms in total. The van der Waals surface area contributed by atoms with Crippen molar-refractivity contribution in [3.63, 3.8) is 0 Å². The summed E-state index contributed by atoms with van der Waals surface area (Å²) in [5.74, 6) is 1.26. The van der Waals surface area contributed by atoms with Gasteiger partial charge in [-0.05, 0) is 43.5 Å². The van der Waals surface area contributed by atoms with Crippen LogP contribution in [0.1, 0.15) is 31.9 Å². The first kappa shape index (κ1) is 24.7. The van der Waals surface area contributed by atoms with E-state index < -0.39 is 21.4 Å². The molecule has 1 aliphatic heterocycles. The van der Waals surface area contributed by atoms with Crippen LogP contribution in [-0.2, 0) is 9.48 Å². The minimum absolute atomic E-state index is 0.131. The van der Waals surface area contributed by atoms with Crippen molar-refractivity contribution in [1.82, 2.24) is 15.3 Å². The van der Waals surface area contributed by atoms with E-state index in [0.717, 1.165) is 17.8 Å². The number of nitrogens with zero attached hydrogens (tertiary/aromatic N) is 3. The number of amides is 2. The molecule has 1 atom stereocenters. The van der Waals surface area contributed by atoms with Crippen LogP contribution < -0.4 is 15.5 Å². The third kappa shape index (κ3) is 5.13. The van der Waals surface area contributed by atoms with Gasteiger partial charge in [0.25, 0.3) is 0 Å². The Labute approximate surface area is 201 Å². The van der Waals surface area contributed by atoms with Crippen LogP contribution in [0, 0.1) is 0 Å². The molecule has 1 saturated heterocycles. The van der Waals surface area contributed by atoms with E-state index in [0.29, 0.717) is 49.8 Å². The molecule has 1 saturated carbocycles. The van der Waals surface area contributed by atoms with E-state index in [9.17, 15) is 13.9 Å². The van der Waals surface area contributed by atoms with Gasteiger partial charge in [0.05, 0.1) is 31.6 Å². The summed E-state index contributed by atoms with van der Waals surface area (Å²) in [7, 11) is -2.84. The number of benzene rings is 1. The number of urea groups is 1. The quantitative estimate of drug-likeness (QED) is 0.379. The summed E-state index contributed by atoms with van der Waals surface area (Å²) in [6.07, 6.45) is 3.75. The lowest BCUT2D eigenvalue weighted by atomic mass is 10.1. The molecular formula is C23H33N5O5S. The van der Waals surface area contributed by atoms with Crippen molar-refractivity contribution in [1.29, 1.82) is 0 Å². The van der Waals surface area contributed by atoms with Crippen LogP contribution in [0.25, 0.3) is 11.4 Å². The second-order valence-corrected chi connectivity index (χ2v) is 11.2. The number of aliphatic hydroxyl groups is 1. The van der Waals surface area contributed by atoms with Crippen LogP contribution in [-0.4, -0.2) is 75.4 Å². The van der Waals surface area contributed by atoms with E-state index in [4.69, 9.17) is 19.8 Å². The molecular weight excluding hydrogens is 458 g/mol. The highest BCUT2D eigenvalue weighted by atomic mass is 32.3. The minimum atomic E-state index is -2.84. The fourth-order valence-corrected chi connectivity index (χ4v) is 5.62. The van der Waals surface area contributed by atoms with Gasteiger partial charge in [-0.3, -0.25) is 9.11 Å². The Kier molecular flexibility index (Phi) is 7.29. The highest BCUT2D eigenvalue weighted by molar-refractivity contribution is 8.24. The Hall–Kier alpha value is -2.44. The van der Waals surface area contributed by atoms with Gasteiger partial charge in [0.2, 0.25) is 0 Å². The maximum absolute atomic E-state index is 11.8. The summed E-state index contributed by atoms with van der Waals surface area (Å²) >= 11 is 0. The molecule has 1 aromatic heterocycles. The number of carbonyl (C=O) groups excluding carboxylic acids is 1. The molecule has 2 heterocycles. The fraction of sp³-hybridized carbons (Fsp3) is 0.522. The van der Waals surface area contributed by atoms with E-state index in [1.54, 1.807) is 12.1 Å². The molecule has 5 N–H and O–H groups in total. The lowest BCUT2D eigenvalue weighted by molar-refractivity contribution is 0.0925. The molecule has 2 amide bonds. The number of nitrogens with one attached hydrogen (secondary N) is 2. The lowest BCUT2D eigenvalue weighted by Crippen LogP contribution is -2.45. The van der Waals surface area contributed by atoms with Crippen LogP contribution in [0.3, 0.4) is 0 Å². The van der Waals surface area contributed by atoms with Crippen molar-refractivity contribution in [2.75, 3.05) is 49.4 Å². The van der Waals surface area contributed by atoms with Crippen LogP contribution in [0.4, 0.5) is 16.3 Å². The van der Waals surface area contributed by atoms with E-state index in [-0.39, 0.29) is 19.2 Å². The van der Waals surface area contributed by atoms with Crippen molar-refractivity contribution in [2.24, 2.45) is 0 Å². The number of hydrogen-bond acceptors (Lipinski definition) is 8. The van der Waals surface area contributed by atoms with E-state index >= 15 is 0 Å². The van der Waals surface area contributed by atoms with Crippen LogP contribution in [0.15, 0.2) is 30.3 Å². The van der Waals surface area contributed by atoms with Crippen molar-refractivity contribution in [3.05, 3.63) is 36.0 Å². The van der Waals surface area contributed by atoms with Gasteiger partial charge in [0.15, 0.2) is 5.82 Å². The van der Waals surface area contributed by atoms with Crippen molar-refractivity contribution >= 4 is 28.1 Å². The zero-order chi connectivity index (χ0) is 24.3. The largest absolute Gasteiger partial charge is 0.395 e. The predicted octanol–water partition coefficient (Wildman–Crippen LogP) is 3.24. The average Bonchev–Trinajstić information content (AvgIpc) is 3.65. The number of hydrogen-bond donors (Lipinski definition) is 5. The zero-order valence-corrected chi connectivity index (χ0v) is 20.3. The van der Waals surface area contributed by atoms with Gasteiger partial charge in [0.1, 0.15) is 10.6 Å². The van der Waals surface area contributed by atoms with Gasteiger partial charge in [0, 0.05) is 36.7 Å². The van der Waals surface area contributed by atoms with E-state index in [1.807, 2.05) is 18.2 Å². The van der Waals surface area contributed by atoms with Gasteiger partial charge in [-0.25, -0.2) is 14.8 Å². The first-order valence-electron chi connectivity index (χ1n) is 11.5. The number of anilines is 2. The molecule has 4 rings (SSSR count). The third-order valence-electron chi connectivity index (χ3n) is 6.42. The van der Waals surface area contributed by atoms with Crippen molar-refractivity contribution in [2.45, 2.75) is 37.0 Å². The molecule has 2 aliphatic rings. The van der Waals surface area contributed by atoms with Crippen LogP contribution in [0.2, 0.25) is 0 Å². The Bertz CT molecular complexity index is 1010. The lowest BCUT2D eigenvalue weighted by Gasteiger charge is -2.39. The molecule has 11 heteroatoms. The molecule has 1 aliphatic carbocycles. The fourth-order valence-electron chi connectivity index (χ4n) is 4.24. The number of morpholine rings is 1. The minimum Gasteiger partial charge on any atom is -0.395 e. The van der Waals surface area contributed by atoms with Gasteiger partial charge in [-0.2, -0.15) is 10.6 Å². The molecule has 2 fully saturated rings. The first-order valence-corrected chi connectivity index (χ1v) is 13.5. The predicted molar refractivity (Wildman–Crippen MR) is 134 cm³/mol. The van der Waals surface area contributed by atoms with Gasteiger partial charge in [-0.1, -0.05) is 6.92 Å². The Morgan fingerprint density at radius 2 is 2.00 bits per heavy atom. The summed E-state index contributed by atoms with van der Waals surface area (Å²) in [6.45, 7) is 4.09. The van der Waals surface area contributed by atoms with Crippen molar-refractivity contribution in [3.8, 4) is 11.4 Å². The molecule has 0 spiro atoms. The normalized spacial score (nSPS) is 20.0. The summed E-state index contributed by atoms with van der Waals surface area (Å²) in [5.41, 5.74) is 2.01. The van der Waals surface area contributed by atoms with E-state index in [2.05, 4.69) is 22.5 Å². The average molecular weight is 492 g/mol. The third-order valence-corrected chi connectivity index (χ3v) is 8.51. The number of aromatic nitrogens is 2. The van der Waals surface area contributed by atoms with E-state index in [1.165, 1.54) is 6.26 Å². The molecule has 2 aromatic rings. The van der Waals surface area contributed by atoms with Gasteiger partial charge >= 0.3 is 6.03 Å². The number of rotatable bonds is 8. The summed E-state index contributed by atoms with van der Waals surface area (Å²) in [6, 6.07) is 8.86. The Morgan fingerprint density at radius 1 is 1.26 bits per heavy atom. The van der Waals surface area contributed by atoms with Gasteiger partial charge in [-0.15, -0.1) is 0 Å². The van der Waals surface area contributed by atoms with Gasteiger partial charge < -0.3 is 25.4 Å². The maximum atomic E-state index is 11.8. The monoisotopic (exact) mass is 491 g/mol. The summed E-state index contributed by atoms with van der Waals surface area (Å²) < 4.78 is 26.1. The molecule has 0 radical (unpaired) electrons. The summed E-state index contributed by atoms with van der Waals surface area (Å²) in [4.78, 5) is 23.7. The molecule has 34 heavy (non-hydrogen) atoms. The summed E-state index contributed by atoms with van der Waals surface area (Å²) in [5, 5.41) is 14.1. The second kappa shape index (κ2) is 10.0. The topological polar surface area (TPSA) is 140 Å². The molecule has 0 unspecified atom stereocenters. The van der Waals surface area contributed by atoms with Crippen LogP contribution >= 0.6 is 10.6 Å². The highest BCUT2D eigenvalue weighted by Gasteiger charge is 2.55. The van der Waals surface area contributed by atoms with Crippen LogP contribution in [0.5, 0.6) is 0 Å². The molecule has 186 valence electrons. The highest BCUT2D eigenvalue weighted by Crippen LogP contribution is 2.69. The smallest absolute Gasteiger partial charge is 0.319 e. The second-order valence-electron chi connectivity index (χ2n) is 8.78. The Balaban J connectivity index is 1.68. The standard InChI is InChI=1S/C23H33N5O5S/c1-3-18-15-33-13-11-28(18)20-14-19(23(8-9-23)34(2,31)32)26-21(27-20)16-4-6-17(7-5-16)25-22(30)24-10-12-29/h4-7,14,18,29,31-32H,3,8-13,15H2,1-2H3,(H2,24,25,30)/t18-/m0/s1. The number of carbonyl (C=O) groups is 1. The number of ether oxygens (including phenoxy) is 1. The Morgan fingerprint density at radius 3 is 2.62 bits per heavy atom. The zero-order valence-electron chi connectivity index (χ0n) is 19.5. The number of aliphatic hydroxyl groups excluding tert-OH is 1. The molecule has 0 bridgehead atoms. The first-order chi connectivity index (χ1) is 16.3.